The van der Waals surface area contributed by atoms with Crippen molar-refractivity contribution in [2.75, 3.05) is 13.0 Å². The van der Waals surface area contributed by atoms with Crippen molar-refractivity contribution in [3.63, 3.8) is 0 Å². The summed E-state index contributed by atoms with van der Waals surface area (Å²) in [6, 6.07) is 4.09. The summed E-state index contributed by atoms with van der Waals surface area (Å²) in [5, 5.41) is 0. The Morgan fingerprint density at radius 1 is 1.23 bits per heavy atom. The lowest BCUT2D eigenvalue weighted by atomic mass is 10.0. The third-order valence-electron chi connectivity index (χ3n) is 2.43. The van der Waals surface area contributed by atoms with Crippen LogP contribution in [-0.2, 0) is 6.42 Å². The Bertz CT molecular complexity index is 294. The van der Waals surface area contributed by atoms with Crippen LogP contribution < -0.4 is 4.74 Å². The molecule has 0 saturated carbocycles. The van der Waals surface area contributed by atoms with Gasteiger partial charge in [-0.25, -0.2) is 0 Å². The highest BCUT2D eigenvalue weighted by molar-refractivity contribution is 6.18. The van der Waals surface area contributed by atoms with Crippen molar-refractivity contribution in [2.24, 2.45) is 0 Å². The Morgan fingerprint density at radius 3 is 2.46 bits per heavy atom. The molecule has 0 radical (unpaired) electrons. The average Bonchev–Trinajstić information content (AvgIpc) is 2.14. The molecule has 2 heteroatoms. The Hall–Kier alpha value is -0.690. The normalized spacial score (nSPS) is 10.2. The van der Waals surface area contributed by atoms with Gasteiger partial charge in [-0.2, -0.15) is 0 Å². The first-order valence-electron chi connectivity index (χ1n) is 4.39. The highest BCUT2D eigenvalue weighted by Crippen LogP contribution is 2.24. The third kappa shape index (κ3) is 2.16. The number of benzene rings is 1. The van der Waals surface area contributed by atoms with Gasteiger partial charge in [-0.05, 0) is 43.0 Å². The molecule has 0 atom stereocenters. The molecule has 1 aromatic carbocycles. The molecule has 0 aliphatic rings. The molecule has 0 N–H and O–H groups in total. The van der Waals surface area contributed by atoms with E-state index in [1.54, 1.807) is 7.11 Å². The van der Waals surface area contributed by atoms with E-state index in [0.717, 1.165) is 12.2 Å². The number of ether oxygens (including phenoxy) is 1. The van der Waals surface area contributed by atoms with E-state index in [1.165, 1.54) is 16.7 Å². The minimum atomic E-state index is 0.673. The Kier molecular flexibility index (Phi) is 3.61. The number of rotatable bonds is 3. The van der Waals surface area contributed by atoms with Crippen LogP contribution in [0.15, 0.2) is 12.1 Å². The molecule has 1 rings (SSSR count). The van der Waals surface area contributed by atoms with Crippen LogP contribution in [0.4, 0.5) is 0 Å². The SMILES string of the molecule is COc1ccc(CCCl)c(C)c1C. The third-order valence-corrected chi connectivity index (χ3v) is 2.62. The standard InChI is InChI=1S/C11H15ClO/c1-8-9(2)11(13-3)5-4-10(8)6-7-12/h4-5H,6-7H2,1-3H3. The minimum Gasteiger partial charge on any atom is -0.496 e. The first-order chi connectivity index (χ1) is 6.20. The molecule has 1 aromatic rings. The summed E-state index contributed by atoms with van der Waals surface area (Å²) in [4.78, 5) is 0. The molecule has 0 amide bonds. The van der Waals surface area contributed by atoms with Gasteiger partial charge >= 0.3 is 0 Å². The zero-order valence-electron chi connectivity index (χ0n) is 8.36. The summed E-state index contributed by atoms with van der Waals surface area (Å²) in [6.07, 6.45) is 0.929. The topological polar surface area (TPSA) is 9.23 Å². The molecular weight excluding hydrogens is 184 g/mol. The van der Waals surface area contributed by atoms with Crippen molar-refractivity contribution < 1.29 is 4.74 Å². The van der Waals surface area contributed by atoms with Gasteiger partial charge in [-0.3, -0.25) is 0 Å². The molecule has 1 nitrogen and oxygen atoms in total. The van der Waals surface area contributed by atoms with E-state index in [0.29, 0.717) is 5.88 Å². The van der Waals surface area contributed by atoms with E-state index in [1.807, 2.05) is 6.07 Å². The molecule has 0 spiro atoms. The minimum absolute atomic E-state index is 0.673. The quantitative estimate of drug-likeness (QED) is 0.679. The van der Waals surface area contributed by atoms with Gasteiger partial charge in [0, 0.05) is 5.88 Å². The first kappa shape index (κ1) is 10.4. The van der Waals surface area contributed by atoms with Crippen LogP contribution in [0.1, 0.15) is 16.7 Å². The van der Waals surface area contributed by atoms with Crippen LogP contribution in [0.2, 0.25) is 0 Å². The van der Waals surface area contributed by atoms with Crippen molar-refractivity contribution in [3.8, 4) is 5.75 Å². The van der Waals surface area contributed by atoms with Gasteiger partial charge < -0.3 is 4.74 Å². The second-order valence-electron chi connectivity index (χ2n) is 3.12. The maximum atomic E-state index is 5.70. The summed E-state index contributed by atoms with van der Waals surface area (Å²) in [7, 11) is 1.70. The first-order valence-corrected chi connectivity index (χ1v) is 4.93. The van der Waals surface area contributed by atoms with E-state index >= 15 is 0 Å². The highest BCUT2D eigenvalue weighted by atomic mass is 35.5. The number of aryl methyl sites for hydroxylation is 1. The fraction of sp³-hybridized carbons (Fsp3) is 0.455. The predicted molar refractivity (Wildman–Crippen MR) is 56.9 cm³/mol. The van der Waals surface area contributed by atoms with Crippen molar-refractivity contribution in [1.29, 1.82) is 0 Å². The molecule has 0 unspecified atom stereocenters. The second-order valence-corrected chi connectivity index (χ2v) is 3.49. The van der Waals surface area contributed by atoms with Crippen molar-refractivity contribution >= 4 is 11.6 Å². The summed E-state index contributed by atoms with van der Waals surface area (Å²) in [6.45, 7) is 4.19. The fourth-order valence-corrected chi connectivity index (χ4v) is 1.65. The van der Waals surface area contributed by atoms with Gasteiger partial charge in [0.15, 0.2) is 0 Å². The van der Waals surface area contributed by atoms with Gasteiger partial charge in [0.05, 0.1) is 7.11 Å². The maximum absolute atomic E-state index is 5.70. The van der Waals surface area contributed by atoms with Gasteiger partial charge in [0.25, 0.3) is 0 Å². The van der Waals surface area contributed by atoms with E-state index < -0.39 is 0 Å². The Labute approximate surface area is 84.7 Å². The molecule has 0 heterocycles. The van der Waals surface area contributed by atoms with Gasteiger partial charge in [-0.1, -0.05) is 6.07 Å². The maximum Gasteiger partial charge on any atom is 0.122 e. The molecule has 72 valence electrons. The number of methoxy groups -OCH3 is 1. The van der Waals surface area contributed by atoms with Crippen LogP contribution in [0, 0.1) is 13.8 Å². The summed E-state index contributed by atoms with van der Waals surface area (Å²) in [5.41, 5.74) is 3.82. The average molecular weight is 199 g/mol. The second kappa shape index (κ2) is 4.52. The Morgan fingerprint density at radius 2 is 1.92 bits per heavy atom. The van der Waals surface area contributed by atoms with Gasteiger partial charge in [0.1, 0.15) is 5.75 Å². The fourth-order valence-electron chi connectivity index (χ4n) is 1.45. The number of hydrogen-bond acceptors (Lipinski definition) is 1. The van der Waals surface area contributed by atoms with E-state index in [4.69, 9.17) is 16.3 Å². The van der Waals surface area contributed by atoms with Crippen molar-refractivity contribution in [1.82, 2.24) is 0 Å². The molecule has 0 aliphatic heterocycles. The largest absolute Gasteiger partial charge is 0.496 e. The van der Waals surface area contributed by atoms with Gasteiger partial charge in [0.2, 0.25) is 0 Å². The number of hydrogen-bond donors (Lipinski definition) is 0. The van der Waals surface area contributed by atoms with Crippen LogP contribution in [-0.4, -0.2) is 13.0 Å². The summed E-state index contributed by atoms with van der Waals surface area (Å²) >= 11 is 5.70. The number of halogens is 1. The zero-order valence-corrected chi connectivity index (χ0v) is 9.11. The lowest BCUT2D eigenvalue weighted by Crippen LogP contribution is -1.96. The van der Waals surface area contributed by atoms with Crippen LogP contribution in [0.25, 0.3) is 0 Å². The summed E-state index contributed by atoms with van der Waals surface area (Å²) in [5.74, 6) is 1.63. The molecular formula is C11H15ClO. The molecule has 0 fully saturated rings. The molecule has 0 saturated heterocycles. The Balaban J connectivity index is 3.07. The van der Waals surface area contributed by atoms with E-state index in [9.17, 15) is 0 Å². The predicted octanol–water partition coefficient (Wildman–Crippen LogP) is 3.09. The van der Waals surface area contributed by atoms with E-state index in [-0.39, 0.29) is 0 Å². The highest BCUT2D eigenvalue weighted by Gasteiger charge is 2.05. The lowest BCUT2D eigenvalue weighted by molar-refractivity contribution is 0.411. The smallest absolute Gasteiger partial charge is 0.122 e. The molecule has 13 heavy (non-hydrogen) atoms. The number of alkyl halides is 1. The molecule has 0 aliphatic carbocycles. The monoisotopic (exact) mass is 198 g/mol. The van der Waals surface area contributed by atoms with Crippen molar-refractivity contribution in [3.05, 3.63) is 28.8 Å². The van der Waals surface area contributed by atoms with E-state index in [2.05, 4.69) is 19.9 Å². The van der Waals surface area contributed by atoms with Crippen LogP contribution >= 0.6 is 11.6 Å². The van der Waals surface area contributed by atoms with Gasteiger partial charge in [-0.15, -0.1) is 11.6 Å². The molecule has 0 aromatic heterocycles. The van der Waals surface area contributed by atoms with Crippen molar-refractivity contribution in [2.45, 2.75) is 20.3 Å². The molecule has 0 bridgehead atoms. The lowest BCUT2D eigenvalue weighted by Gasteiger charge is -2.11. The zero-order chi connectivity index (χ0) is 9.84. The summed E-state index contributed by atoms with van der Waals surface area (Å²) < 4.78 is 5.23. The van der Waals surface area contributed by atoms with Crippen LogP contribution in [0.5, 0.6) is 5.75 Å². The van der Waals surface area contributed by atoms with Crippen LogP contribution in [0.3, 0.4) is 0 Å².